The van der Waals surface area contributed by atoms with Crippen molar-refractivity contribution in [2.45, 2.75) is 13.0 Å². The van der Waals surface area contributed by atoms with Gasteiger partial charge in [0.25, 0.3) is 0 Å². The molecule has 0 radical (unpaired) electrons. The molecule has 4 nitrogen and oxygen atoms in total. The van der Waals surface area contributed by atoms with Crippen LogP contribution in [-0.4, -0.2) is 25.5 Å². The minimum atomic E-state index is -3.32. The molecular weight excluding hydrogens is 310 g/mol. The van der Waals surface area contributed by atoms with Crippen molar-refractivity contribution >= 4 is 21.0 Å². The lowest BCUT2D eigenvalue weighted by molar-refractivity contribution is 0.417. The molecule has 120 valence electrons. The zero-order valence-electron chi connectivity index (χ0n) is 13.0. The number of rotatable bonds is 6. The Hall–Kier alpha value is -2.11. The lowest BCUT2D eigenvalue weighted by Crippen LogP contribution is -2.29. The van der Waals surface area contributed by atoms with Gasteiger partial charge in [0, 0.05) is 12.4 Å². The van der Waals surface area contributed by atoms with E-state index in [1.54, 1.807) is 7.05 Å². The summed E-state index contributed by atoms with van der Waals surface area (Å²) in [6.07, 6.45) is 0.508. The summed E-state index contributed by atoms with van der Waals surface area (Å²) in [6.45, 7) is 0.242. The minimum absolute atomic E-state index is 0.0910. The standard InChI is InChI=1S/C18H19NO3S/c1-19(14-17-13-16-9-5-6-10-18(16)22-17)23(20,21)12-11-15-7-3-2-4-8-15/h2-10,13H,11-12,14H2,1H3. The third-order valence-electron chi connectivity index (χ3n) is 3.82. The van der Waals surface area contributed by atoms with Gasteiger partial charge in [-0.1, -0.05) is 48.5 Å². The van der Waals surface area contributed by atoms with Gasteiger partial charge in [-0.3, -0.25) is 0 Å². The van der Waals surface area contributed by atoms with Crippen molar-refractivity contribution in [2.24, 2.45) is 0 Å². The van der Waals surface area contributed by atoms with Crippen LogP contribution in [0.2, 0.25) is 0 Å². The number of hydrogen-bond donors (Lipinski definition) is 0. The van der Waals surface area contributed by atoms with Crippen molar-refractivity contribution in [1.82, 2.24) is 4.31 Å². The van der Waals surface area contributed by atoms with E-state index in [9.17, 15) is 8.42 Å². The summed E-state index contributed by atoms with van der Waals surface area (Å²) in [4.78, 5) is 0. The molecule has 1 heterocycles. The lowest BCUT2D eigenvalue weighted by atomic mass is 10.2. The third kappa shape index (κ3) is 3.81. The lowest BCUT2D eigenvalue weighted by Gasteiger charge is -2.15. The van der Waals surface area contributed by atoms with Crippen LogP contribution in [0.4, 0.5) is 0 Å². The average Bonchev–Trinajstić information content (AvgIpc) is 2.96. The van der Waals surface area contributed by atoms with Crippen LogP contribution in [0.5, 0.6) is 0 Å². The fourth-order valence-corrected chi connectivity index (χ4v) is 3.61. The molecule has 3 aromatic rings. The monoisotopic (exact) mass is 329 g/mol. The normalized spacial score (nSPS) is 12.1. The summed E-state index contributed by atoms with van der Waals surface area (Å²) in [5, 5.41) is 0.984. The van der Waals surface area contributed by atoms with Crippen molar-refractivity contribution in [3.63, 3.8) is 0 Å². The molecule has 2 aromatic carbocycles. The van der Waals surface area contributed by atoms with Gasteiger partial charge in [0.2, 0.25) is 10.0 Å². The van der Waals surface area contributed by atoms with Gasteiger partial charge in [-0.2, -0.15) is 4.31 Å². The van der Waals surface area contributed by atoms with Crippen LogP contribution in [-0.2, 0) is 23.0 Å². The van der Waals surface area contributed by atoms with E-state index in [0.29, 0.717) is 12.2 Å². The molecule has 0 saturated carbocycles. The van der Waals surface area contributed by atoms with E-state index < -0.39 is 10.0 Å². The first-order valence-corrected chi connectivity index (χ1v) is 9.11. The maximum atomic E-state index is 12.4. The number of nitrogens with zero attached hydrogens (tertiary/aromatic N) is 1. The fourth-order valence-electron chi connectivity index (χ4n) is 2.48. The summed E-state index contributed by atoms with van der Waals surface area (Å²) in [5.41, 5.74) is 1.80. The van der Waals surface area contributed by atoms with Crippen molar-refractivity contribution < 1.29 is 12.8 Å². The van der Waals surface area contributed by atoms with Crippen LogP contribution >= 0.6 is 0 Å². The highest BCUT2D eigenvalue weighted by Crippen LogP contribution is 2.20. The van der Waals surface area contributed by atoms with E-state index in [1.165, 1.54) is 4.31 Å². The summed E-state index contributed by atoms with van der Waals surface area (Å²) in [5.74, 6) is 0.741. The van der Waals surface area contributed by atoms with Crippen LogP contribution in [0.25, 0.3) is 11.0 Å². The Morgan fingerprint density at radius 1 is 1.00 bits per heavy atom. The van der Waals surface area contributed by atoms with Crippen LogP contribution in [0, 0.1) is 0 Å². The summed E-state index contributed by atoms with van der Waals surface area (Å²) >= 11 is 0. The number of para-hydroxylation sites is 1. The van der Waals surface area contributed by atoms with Crippen LogP contribution in [0.3, 0.4) is 0 Å². The number of benzene rings is 2. The number of hydrogen-bond acceptors (Lipinski definition) is 3. The van der Waals surface area contributed by atoms with Gasteiger partial charge in [-0.25, -0.2) is 8.42 Å². The number of aryl methyl sites for hydroxylation is 1. The Bertz CT molecular complexity index is 852. The second kappa shape index (κ2) is 6.56. The van der Waals surface area contributed by atoms with E-state index in [1.807, 2.05) is 60.7 Å². The smallest absolute Gasteiger partial charge is 0.214 e. The predicted octanol–water partition coefficient (Wildman–Crippen LogP) is 3.44. The molecular formula is C18H19NO3S. The van der Waals surface area contributed by atoms with E-state index in [-0.39, 0.29) is 12.3 Å². The minimum Gasteiger partial charge on any atom is -0.460 e. The van der Waals surface area contributed by atoms with E-state index >= 15 is 0 Å². The van der Waals surface area contributed by atoms with E-state index in [2.05, 4.69) is 0 Å². The molecule has 0 unspecified atom stereocenters. The summed E-state index contributed by atoms with van der Waals surface area (Å²) in [6, 6.07) is 19.2. The largest absolute Gasteiger partial charge is 0.460 e. The molecule has 0 atom stereocenters. The quantitative estimate of drug-likeness (QED) is 0.696. The molecule has 23 heavy (non-hydrogen) atoms. The van der Waals surface area contributed by atoms with Crippen molar-refractivity contribution in [3.05, 3.63) is 72.0 Å². The highest BCUT2D eigenvalue weighted by Gasteiger charge is 2.19. The van der Waals surface area contributed by atoms with Crippen LogP contribution < -0.4 is 0 Å². The highest BCUT2D eigenvalue weighted by atomic mass is 32.2. The molecule has 1 aromatic heterocycles. The predicted molar refractivity (Wildman–Crippen MR) is 91.6 cm³/mol. The third-order valence-corrected chi connectivity index (χ3v) is 5.62. The molecule has 0 fully saturated rings. The molecule has 0 amide bonds. The molecule has 0 saturated heterocycles. The maximum absolute atomic E-state index is 12.4. The SMILES string of the molecule is CN(Cc1cc2ccccc2o1)S(=O)(=O)CCc1ccccc1. The topological polar surface area (TPSA) is 50.5 Å². The second-order valence-corrected chi connectivity index (χ2v) is 7.75. The Morgan fingerprint density at radius 2 is 1.70 bits per heavy atom. The van der Waals surface area contributed by atoms with Gasteiger partial charge in [-0.05, 0) is 24.1 Å². The summed E-state index contributed by atoms with van der Waals surface area (Å²) < 4.78 is 31.9. The first-order chi connectivity index (χ1) is 11.0. The van der Waals surface area contributed by atoms with Crippen molar-refractivity contribution in [2.75, 3.05) is 12.8 Å². The van der Waals surface area contributed by atoms with Gasteiger partial charge in [-0.15, -0.1) is 0 Å². The second-order valence-electron chi connectivity index (χ2n) is 5.56. The Balaban J connectivity index is 1.67. The van der Waals surface area contributed by atoms with Crippen molar-refractivity contribution in [1.29, 1.82) is 0 Å². The van der Waals surface area contributed by atoms with Crippen LogP contribution in [0.15, 0.2) is 65.1 Å². The molecule has 0 spiro atoms. The number of sulfonamides is 1. The Kier molecular flexibility index (Phi) is 4.50. The summed E-state index contributed by atoms with van der Waals surface area (Å²) in [7, 11) is -1.73. The molecule has 0 N–H and O–H groups in total. The highest BCUT2D eigenvalue weighted by molar-refractivity contribution is 7.89. The molecule has 0 aliphatic carbocycles. The first-order valence-electron chi connectivity index (χ1n) is 7.50. The fraction of sp³-hybridized carbons (Fsp3) is 0.222. The number of fused-ring (bicyclic) bond motifs is 1. The molecule has 5 heteroatoms. The first kappa shape index (κ1) is 15.8. The number of furan rings is 1. The molecule has 0 bridgehead atoms. The van der Waals surface area contributed by atoms with Gasteiger partial charge in [0.15, 0.2) is 0 Å². The van der Waals surface area contributed by atoms with Gasteiger partial charge in [0.05, 0.1) is 12.3 Å². The Morgan fingerprint density at radius 3 is 2.43 bits per heavy atom. The maximum Gasteiger partial charge on any atom is 0.214 e. The Labute approximate surface area is 136 Å². The van der Waals surface area contributed by atoms with E-state index in [4.69, 9.17) is 4.42 Å². The molecule has 0 aliphatic rings. The zero-order valence-corrected chi connectivity index (χ0v) is 13.8. The van der Waals surface area contributed by atoms with Gasteiger partial charge < -0.3 is 4.42 Å². The van der Waals surface area contributed by atoms with Crippen molar-refractivity contribution in [3.8, 4) is 0 Å². The van der Waals surface area contributed by atoms with Gasteiger partial charge in [0.1, 0.15) is 11.3 Å². The van der Waals surface area contributed by atoms with E-state index in [0.717, 1.165) is 16.5 Å². The molecule has 0 aliphatic heterocycles. The zero-order chi connectivity index (χ0) is 16.3. The average molecular weight is 329 g/mol. The molecule has 3 rings (SSSR count). The van der Waals surface area contributed by atoms with Crippen LogP contribution in [0.1, 0.15) is 11.3 Å². The van der Waals surface area contributed by atoms with Gasteiger partial charge >= 0.3 is 0 Å².